The first-order valence-electron chi connectivity index (χ1n) is 8.56. The molecular formula is C18H12Cl3F3N4OS. The fourth-order valence-corrected chi connectivity index (χ4v) is 4.53. The largest absolute Gasteiger partial charge is 0.410 e. The van der Waals surface area contributed by atoms with Gasteiger partial charge in [0, 0.05) is 17.0 Å². The van der Waals surface area contributed by atoms with Crippen molar-refractivity contribution in [2.45, 2.75) is 24.7 Å². The Balaban J connectivity index is 1.69. The van der Waals surface area contributed by atoms with Gasteiger partial charge >= 0.3 is 6.18 Å². The Morgan fingerprint density at radius 1 is 1.23 bits per heavy atom. The highest BCUT2D eigenvalue weighted by Crippen LogP contribution is 2.46. The van der Waals surface area contributed by atoms with Crippen LogP contribution in [0.2, 0.25) is 15.1 Å². The van der Waals surface area contributed by atoms with Gasteiger partial charge in [0.1, 0.15) is 10.8 Å². The molecule has 3 heterocycles. The van der Waals surface area contributed by atoms with Crippen molar-refractivity contribution in [3.8, 4) is 0 Å². The van der Waals surface area contributed by atoms with Crippen LogP contribution in [-0.4, -0.2) is 21.9 Å². The number of thiophene rings is 1. The predicted octanol–water partition coefficient (Wildman–Crippen LogP) is 6.82. The third-order valence-corrected chi connectivity index (χ3v) is 6.66. The lowest BCUT2D eigenvalue weighted by molar-refractivity contribution is -0.173. The van der Waals surface area contributed by atoms with E-state index in [1.807, 2.05) is 0 Å². The van der Waals surface area contributed by atoms with Crippen LogP contribution in [0, 0.1) is 0 Å². The van der Waals surface area contributed by atoms with Gasteiger partial charge in [0.25, 0.3) is 5.91 Å². The van der Waals surface area contributed by atoms with Crippen LogP contribution >= 0.6 is 46.1 Å². The van der Waals surface area contributed by atoms with E-state index in [1.54, 1.807) is 17.5 Å². The van der Waals surface area contributed by atoms with Gasteiger partial charge in [-0.2, -0.15) is 18.3 Å². The molecule has 0 saturated carbocycles. The molecule has 2 N–H and O–H groups in total. The number of rotatable bonds is 3. The summed E-state index contributed by atoms with van der Waals surface area (Å²) in [5.41, 5.74) is -0.0282. The number of alkyl halides is 3. The average molecular weight is 496 g/mol. The molecular weight excluding hydrogens is 484 g/mol. The molecule has 0 saturated heterocycles. The maximum atomic E-state index is 13.8. The molecule has 1 aliphatic rings. The highest BCUT2D eigenvalue weighted by Gasteiger charge is 2.48. The molecule has 2 unspecified atom stereocenters. The van der Waals surface area contributed by atoms with Crippen molar-refractivity contribution in [1.29, 1.82) is 0 Å². The Bertz CT molecular complexity index is 1100. The smallest absolute Gasteiger partial charge is 0.361 e. The summed E-state index contributed by atoms with van der Waals surface area (Å²) in [7, 11) is 0. The van der Waals surface area contributed by atoms with Crippen LogP contribution in [0.1, 0.15) is 33.9 Å². The first-order chi connectivity index (χ1) is 14.1. The minimum atomic E-state index is -4.57. The summed E-state index contributed by atoms with van der Waals surface area (Å²) < 4.78 is 42.0. The number of anilines is 2. The SMILES string of the molecule is O=C(Nc1ccc(Cl)c(Cl)c1)c1nn2c(c1Cl)NC(c1cccs1)CC2C(F)(F)F. The van der Waals surface area contributed by atoms with Crippen molar-refractivity contribution in [2.24, 2.45) is 0 Å². The lowest BCUT2D eigenvalue weighted by atomic mass is 10.0. The lowest BCUT2D eigenvalue weighted by Crippen LogP contribution is -2.35. The Morgan fingerprint density at radius 2 is 2.00 bits per heavy atom. The van der Waals surface area contributed by atoms with Crippen LogP contribution in [0.25, 0.3) is 0 Å². The molecule has 30 heavy (non-hydrogen) atoms. The van der Waals surface area contributed by atoms with Crippen LogP contribution in [0.5, 0.6) is 0 Å². The van der Waals surface area contributed by atoms with E-state index < -0.39 is 24.2 Å². The van der Waals surface area contributed by atoms with Crippen molar-refractivity contribution in [3.63, 3.8) is 0 Å². The Morgan fingerprint density at radius 3 is 2.63 bits per heavy atom. The van der Waals surface area contributed by atoms with E-state index in [9.17, 15) is 18.0 Å². The number of hydrogen-bond donors (Lipinski definition) is 2. The van der Waals surface area contributed by atoms with Gasteiger partial charge in [-0.25, -0.2) is 4.68 Å². The predicted molar refractivity (Wildman–Crippen MR) is 112 cm³/mol. The molecule has 12 heteroatoms. The van der Waals surface area contributed by atoms with Crippen LogP contribution in [0.15, 0.2) is 35.7 Å². The average Bonchev–Trinajstić information content (AvgIpc) is 3.32. The van der Waals surface area contributed by atoms with Gasteiger partial charge in [-0.1, -0.05) is 40.9 Å². The summed E-state index contributed by atoms with van der Waals surface area (Å²) in [5, 5.41) is 11.5. The van der Waals surface area contributed by atoms with Gasteiger partial charge in [-0.15, -0.1) is 11.3 Å². The van der Waals surface area contributed by atoms with Crippen molar-refractivity contribution in [1.82, 2.24) is 9.78 Å². The molecule has 0 fully saturated rings. The number of nitrogens with zero attached hydrogens (tertiary/aromatic N) is 2. The van der Waals surface area contributed by atoms with Crippen molar-refractivity contribution in [3.05, 3.63) is 61.4 Å². The molecule has 158 valence electrons. The van der Waals surface area contributed by atoms with Gasteiger partial charge in [0.2, 0.25) is 0 Å². The normalized spacial score (nSPS) is 18.6. The molecule has 3 aromatic rings. The van der Waals surface area contributed by atoms with Gasteiger partial charge in [0.05, 0.1) is 16.1 Å². The summed E-state index contributed by atoms with van der Waals surface area (Å²) in [6, 6.07) is 5.36. The first-order valence-corrected chi connectivity index (χ1v) is 10.6. The highest BCUT2D eigenvalue weighted by molar-refractivity contribution is 7.10. The zero-order valence-corrected chi connectivity index (χ0v) is 17.9. The Kier molecular flexibility index (Phi) is 5.65. The maximum absolute atomic E-state index is 13.8. The molecule has 0 spiro atoms. The Hall–Kier alpha value is -1.94. The van der Waals surface area contributed by atoms with E-state index in [4.69, 9.17) is 34.8 Å². The van der Waals surface area contributed by atoms with E-state index in [2.05, 4.69) is 15.7 Å². The molecule has 0 aliphatic carbocycles. The van der Waals surface area contributed by atoms with Crippen LogP contribution in [-0.2, 0) is 0 Å². The third-order valence-electron chi connectivity index (χ3n) is 4.57. The molecule has 1 aromatic carbocycles. The van der Waals surface area contributed by atoms with Gasteiger partial charge in [-0.05, 0) is 29.6 Å². The second-order valence-electron chi connectivity index (χ2n) is 6.54. The van der Waals surface area contributed by atoms with Gasteiger partial charge in [-0.3, -0.25) is 4.79 Å². The molecule has 5 nitrogen and oxygen atoms in total. The van der Waals surface area contributed by atoms with E-state index in [-0.39, 0.29) is 28.0 Å². The molecule has 2 atom stereocenters. The van der Waals surface area contributed by atoms with Crippen LogP contribution in [0.3, 0.4) is 0 Å². The third kappa shape index (κ3) is 3.99. The molecule has 0 radical (unpaired) electrons. The van der Waals surface area contributed by atoms with Crippen molar-refractivity contribution < 1.29 is 18.0 Å². The van der Waals surface area contributed by atoms with Crippen LogP contribution < -0.4 is 10.6 Å². The van der Waals surface area contributed by atoms with E-state index in [1.165, 1.54) is 29.5 Å². The Labute approximate surface area is 187 Å². The van der Waals surface area contributed by atoms with Gasteiger partial charge < -0.3 is 10.6 Å². The van der Waals surface area contributed by atoms with E-state index in [0.717, 1.165) is 9.56 Å². The maximum Gasteiger partial charge on any atom is 0.410 e. The van der Waals surface area contributed by atoms with Gasteiger partial charge in [0.15, 0.2) is 11.7 Å². The number of nitrogens with one attached hydrogen (secondary N) is 2. The summed E-state index contributed by atoms with van der Waals surface area (Å²) in [6.45, 7) is 0. The minimum absolute atomic E-state index is 0.0528. The molecule has 2 aromatic heterocycles. The fraction of sp³-hybridized carbons (Fsp3) is 0.222. The number of fused-ring (bicyclic) bond motifs is 1. The molecule has 4 rings (SSSR count). The number of hydrogen-bond acceptors (Lipinski definition) is 4. The number of halogens is 6. The lowest BCUT2D eigenvalue weighted by Gasteiger charge is -2.32. The molecule has 1 amide bonds. The monoisotopic (exact) mass is 494 g/mol. The standard InChI is InChI=1S/C18H12Cl3F3N4OS/c19-9-4-3-8(6-10(9)20)25-17(29)15-14(21)16-26-11(12-2-1-5-30-12)7-13(18(22,23)24)28(16)27-15/h1-6,11,13,26H,7H2,(H,25,29). The second-order valence-corrected chi connectivity index (χ2v) is 8.72. The van der Waals surface area contributed by atoms with E-state index in [0.29, 0.717) is 10.7 Å². The number of benzene rings is 1. The van der Waals surface area contributed by atoms with E-state index >= 15 is 0 Å². The summed E-state index contributed by atoms with van der Waals surface area (Å²) in [6.07, 6.45) is -4.85. The molecule has 0 bridgehead atoms. The summed E-state index contributed by atoms with van der Waals surface area (Å²) in [4.78, 5) is 13.4. The van der Waals surface area contributed by atoms with Crippen molar-refractivity contribution >= 4 is 63.6 Å². The zero-order chi connectivity index (χ0) is 21.6. The minimum Gasteiger partial charge on any atom is -0.361 e. The molecule has 1 aliphatic heterocycles. The number of carbonyl (C=O) groups excluding carboxylic acids is 1. The summed E-state index contributed by atoms with van der Waals surface area (Å²) >= 11 is 19.4. The highest BCUT2D eigenvalue weighted by atomic mass is 35.5. The number of carbonyl (C=O) groups is 1. The number of aromatic nitrogens is 2. The van der Waals surface area contributed by atoms with Crippen molar-refractivity contribution in [2.75, 3.05) is 10.6 Å². The quantitative estimate of drug-likeness (QED) is 0.419. The topological polar surface area (TPSA) is 59.0 Å². The first kappa shape index (κ1) is 21.3. The second kappa shape index (κ2) is 7.96. The van der Waals surface area contributed by atoms with Crippen LogP contribution in [0.4, 0.5) is 24.7 Å². The fourth-order valence-electron chi connectivity index (χ4n) is 3.17. The summed E-state index contributed by atoms with van der Waals surface area (Å²) in [5.74, 6) is -0.821. The zero-order valence-electron chi connectivity index (χ0n) is 14.8. The number of amides is 1.